The molecule has 19 heavy (non-hydrogen) atoms. The first kappa shape index (κ1) is 14.2. The topological polar surface area (TPSA) is 0 Å². The maximum atomic E-state index is 4.58. The van der Waals surface area contributed by atoms with Crippen LogP contribution in [0, 0.1) is 0 Å². The van der Waals surface area contributed by atoms with Gasteiger partial charge in [0.05, 0.1) is 0 Å². The maximum Gasteiger partial charge on any atom is 0.0119 e. The molecule has 2 rings (SSSR count). The predicted octanol–water partition coefficient (Wildman–Crippen LogP) is 5.77. The molecular weight excluding hydrogens is 248 g/mol. The molecule has 2 aromatic carbocycles. The summed E-state index contributed by atoms with van der Waals surface area (Å²) in [7, 11) is 0. The Labute approximate surface area is 122 Å². The number of rotatable bonds is 6. The van der Waals surface area contributed by atoms with Crippen molar-refractivity contribution in [2.24, 2.45) is 0 Å². The van der Waals surface area contributed by atoms with Crippen molar-refractivity contribution in [3.63, 3.8) is 0 Å². The quantitative estimate of drug-likeness (QED) is 0.500. The molecule has 0 atom stereocenters. The van der Waals surface area contributed by atoms with E-state index in [1.54, 1.807) is 0 Å². The number of aryl methyl sites for hydroxylation is 1. The van der Waals surface area contributed by atoms with Crippen LogP contribution in [-0.4, -0.2) is 0 Å². The van der Waals surface area contributed by atoms with Gasteiger partial charge in [-0.05, 0) is 35.6 Å². The van der Waals surface area contributed by atoms with Crippen molar-refractivity contribution in [1.82, 2.24) is 0 Å². The Balaban J connectivity index is 2.19. The van der Waals surface area contributed by atoms with Crippen molar-refractivity contribution in [2.45, 2.75) is 43.9 Å². The van der Waals surface area contributed by atoms with Crippen LogP contribution in [0.15, 0.2) is 53.4 Å². The monoisotopic (exact) mass is 270 g/mol. The van der Waals surface area contributed by atoms with Gasteiger partial charge in [-0.2, -0.15) is 0 Å². The van der Waals surface area contributed by atoms with Crippen LogP contribution in [0.3, 0.4) is 0 Å². The summed E-state index contributed by atoms with van der Waals surface area (Å²) in [6.45, 7) is 2.26. The van der Waals surface area contributed by atoms with Crippen molar-refractivity contribution in [2.75, 3.05) is 0 Å². The average molecular weight is 270 g/mol. The predicted molar refractivity (Wildman–Crippen MR) is 87.0 cm³/mol. The Morgan fingerprint density at radius 2 is 1.47 bits per heavy atom. The SMILES string of the molecule is CCCCCCc1ccccc1-c1ccccc1S. The van der Waals surface area contributed by atoms with E-state index in [9.17, 15) is 0 Å². The molecule has 0 aromatic heterocycles. The van der Waals surface area contributed by atoms with Gasteiger partial charge in [-0.15, -0.1) is 12.6 Å². The number of hydrogen-bond acceptors (Lipinski definition) is 1. The minimum Gasteiger partial charge on any atom is -0.143 e. The first-order valence-electron chi connectivity index (χ1n) is 7.19. The van der Waals surface area contributed by atoms with Gasteiger partial charge in [0.1, 0.15) is 0 Å². The third-order valence-electron chi connectivity index (χ3n) is 3.51. The van der Waals surface area contributed by atoms with Crippen LogP contribution in [0.5, 0.6) is 0 Å². The van der Waals surface area contributed by atoms with E-state index in [0.29, 0.717) is 0 Å². The largest absolute Gasteiger partial charge is 0.143 e. The van der Waals surface area contributed by atoms with E-state index in [1.165, 1.54) is 42.4 Å². The molecule has 0 amide bonds. The van der Waals surface area contributed by atoms with Crippen molar-refractivity contribution in [1.29, 1.82) is 0 Å². The van der Waals surface area contributed by atoms with Crippen molar-refractivity contribution < 1.29 is 0 Å². The fraction of sp³-hybridized carbons (Fsp3) is 0.333. The summed E-state index contributed by atoms with van der Waals surface area (Å²) < 4.78 is 0. The number of unbranched alkanes of at least 4 members (excludes halogenated alkanes) is 3. The van der Waals surface area contributed by atoms with Crippen LogP contribution in [-0.2, 0) is 6.42 Å². The van der Waals surface area contributed by atoms with E-state index < -0.39 is 0 Å². The Morgan fingerprint density at radius 1 is 0.789 bits per heavy atom. The van der Waals surface area contributed by atoms with Gasteiger partial charge >= 0.3 is 0 Å². The first-order chi connectivity index (χ1) is 9.33. The third kappa shape index (κ3) is 3.87. The molecule has 0 aliphatic rings. The molecule has 0 spiro atoms. The second-order valence-electron chi connectivity index (χ2n) is 4.98. The standard InChI is InChI=1S/C18H22S/c1-2-3-4-5-10-15-11-6-7-12-16(15)17-13-8-9-14-18(17)19/h6-9,11-14,19H,2-5,10H2,1H3. The van der Waals surface area contributed by atoms with Crippen LogP contribution in [0.1, 0.15) is 38.2 Å². The molecule has 0 unspecified atom stereocenters. The highest BCUT2D eigenvalue weighted by atomic mass is 32.1. The van der Waals surface area contributed by atoms with Gasteiger partial charge in [-0.1, -0.05) is 68.7 Å². The van der Waals surface area contributed by atoms with Gasteiger partial charge < -0.3 is 0 Å². The van der Waals surface area contributed by atoms with Gasteiger partial charge in [0.2, 0.25) is 0 Å². The van der Waals surface area contributed by atoms with E-state index in [0.717, 1.165) is 11.3 Å². The summed E-state index contributed by atoms with van der Waals surface area (Å²) in [4.78, 5) is 1.06. The zero-order valence-corrected chi connectivity index (χ0v) is 12.5. The molecule has 0 saturated carbocycles. The summed E-state index contributed by atoms with van der Waals surface area (Å²) in [5, 5.41) is 0. The molecule has 0 saturated heterocycles. The summed E-state index contributed by atoms with van der Waals surface area (Å²) in [6, 6.07) is 17.1. The lowest BCUT2D eigenvalue weighted by atomic mass is 9.96. The fourth-order valence-electron chi connectivity index (χ4n) is 2.44. The van der Waals surface area contributed by atoms with Crippen LogP contribution >= 0.6 is 12.6 Å². The zero-order valence-electron chi connectivity index (χ0n) is 11.6. The molecule has 0 N–H and O–H groups in total. The molecule has 0 aliphatic heterocycles. The maximum absolute atomic E-state index is 4.58. The summed E-state index contributed by atoms with van der Waals surface area (Å²) in [5.74, 6) is 0. The van der Waals surface area contributed by atoms with Gasteiger partial charge in [-0.25, -0.2) is 0 Å². The molecule has 0 aliphatic carbocycles. The Kier molecular flexibility index (Phi) is 5.53. The van der Waals surface area contributed by atoms with Crippen molar-refractivity contribution in [3.05, 3.63) is 54.1 Å². The molecule has 0 bridgehead atoms. The van der Waals surface area contributed by atoms with Crippen LogP contribution in [0.2, 0.25) is 0 Å². The number of benzene rings is 2. The normalized spacial score (nSPS) is 10.6. The minimum atomic E-state index is 1.06. The highest BCUT2D eigenvalue weighted by Gasteiger charge is 2.06. The first-order valence-corrected chi connectivity index (χ1v) is 7.64. The van der Waals surface area contributed by atoms with E-state index in [2.05, 4.69) is 62.0 Å². The summed E-state index contributed by atoms with van der Waals surface area (Å²) in [6.07, 6.45) is 6.40. The molecular formula is C18H22S. The Hall–Kier alpha value is -1.21. The highest BCUT2D eigenvalue weighted by molar-refractivity contribution is 7.80. The smallest absolute Gasteiger partial charge is 0.0119 e. The van der Waals surface area contributed by atoms with Crippen molar-refractivity contribution in [3.8, 4) is 11.1 Å². The second kappa shape index (κ2) is 7.40. The van der Waals surface area contributed by atoms with E-state index in [1.807, 2.05) is 6.07 Å². The molecule has 0 fully saturated rings. The van der Waals surface area contributed by atoms with E-state index >= 15 is 0 Å². The van der Waals surface area contributed by atoms with Crippen LogP contribution < -0.4 is 0 Å². The molecule has 100 valence electrons. The van der Waals surface area contributed by atoms with Gasteiger partial charge in [0, 0.05) is 4.90 Å². The molecule has 2 aromatic rings. The zero-order chi connectivity index (χ0) is 13.5. The van der Waals surface area contributed by atoms with Crippen LogP contribution in [0.4, 0.5) is 0 Å². The van der Waals surface area contributed by atoms with E-state index in [4.69, 9.17) is 0 Å². The lowest BCUT2D eigenvalue weighted by Gasteiger charge is -2.11. The minimum absolute atomic E-state index is 1.06. The summed E-state index contributed by atoms with van der Waals surface area (Å²) >= 11 is 4.58. The molecule has 0 radical (unpaired) electrons. The van der Waals surface area contributed by atoms with Crippen LogP contribution in [0.25, 0.3) is 11.1 Å². The second-order valence-corrected chi connectivity index (χ2v) is 5.47. The molecule has 0 heterocycles. The third-order valence-corrected chi connectivity index (χ3v) is 3.90. The average Bonchev–Trinajstić information content (AvgIpc) is 2.45. The molecule has 1 heteroatoms. The molecule has 0 nitrogen and oxygen atoms in total. The highest BCUT2D eigenvalue weighted by Crippen LogP contribution is 2.30. The summed E-state index contributed by atoms with van der Waals surface area (Å²) in [5.41, 5.74) is 4.03. The number of thiol groups is 1. The van der Waals surface area contributed by atoms with Gasteiger partial charge in [0.15, 0.2) is 0 Å². The van der Waals surface area contributed by atoms with Gasteiger partial charge in [-0.3, -0.25) is 0 Å². The lowest BCUT2D eigenvalue weighted by molar-refractivity contribution is 0.667. The van der Waals surface area contributed by atoms with E-state index in [-0.39, 0.29) is 0 Å². The lowest BCUT2D eigenvalue weighted by Crippen LogP contribution is -1.91. The van der Waals surface area contributed by atoms with Crippen molar-refractivity contribution >= 4 is 12.6 Å². The van der Waals surface area contributed by atoms with Gasteiger partial charge in [0.25, 0.3) is 0 Å². The Bertz CT molecular complexity index is 517. The number of hydrogen-bond donors (Lipinski definition) is 1. The Morgan fingerprint density at radius 3 is 2.21 bits per heavy atom. The fourth-order valence-corrected chi connectivity index (χ4v) is 2.73.